The summed E-state index contributed by atoms with van der Waals surface area (Å²) in [5.41, 5.74) is -1.55. The van der Waals surface area contributed by atoms with Crippen molar-refractivity contribution in [3.8, 4) is 0 Å². The summed E-state index contributed by atoms with van der Waals surface area (Å²) in [4.78, 5) is 37.5. The van der Waals surface area contributed by atoms with Gasteiger partial charge < -0.3 is 19.1 Å². The molecule has 1 aliphatic heterocycles. The number of rotatable bonds is 10. The van der Waals surface area contributed by atoms with Gasteiger partial charge in [-0.2, -0.15) is 9.78 Å². The Bertz CT molecular complexity index is 914. The molecule has 2 heterocycles. The van der Waals surface area contributed by atoms with E-state index in [1.165, 1.54) is 13.6 Å². The third-order valence-corrected chi connectivity index (χ3v) is 6.49. The number of nitrogens with one attached hydrogen (secondary N) is 2. The van der Waals surface area contributed by atoms with Crippen molar-refractivity contribution in [2.24, 2.45) is 0 Å². The van der Waals surface area contributed by atoms with Crippen LogP contribution in [0, 0.1) is 0 Å². The van der Waals surface area contributed by atoms with Crippen molar-refractivity contribution in [1.29, 1.82) is 0 Å². The zero-order chi connectivity index (χ0) is 23.3. The Kier molecular flexibility index (Phi) is 8.73. The van der Waals surface area contributed by atoms with E-state index in [0.29, 0.717) is 19.3 Å². The Balaban J connectivity index is 2.12. The quantitative estimate of drug-likeness (QED) is 0.330. The van der Waals surface area contributed by atoms with Crippen LogP contribution in [0.2, 0.25) is 0 Å². The van der Waals surface area contributed by atoms with E-state index >= 15 is 0 Å². The molecule has 1 aromatic heterocycles. The first-order valence-corrected chi connectivity index (χ1v) is 12.4. The number of hydrogen-bond acceptors (Lipinski definition) is 9. The number of nitrogens with zero attached hydrogens (tertiary/aromatic N) is 2. The van der Waals surface area contributed by atoms with Crippen LogP contribution >= 0.6 is 7.52 Å². The normalized spacial score (nSPS) is 26.5. The van der Waals surface area contributed by atoms with Crippen molar-refractivity contribution in [2.75, 3.05) is 6.66 Å². The highest BCUT2D eigenvalue weighted by Gasteiger charge is 2.48. The van der Waals surface area contributed by atoms with Gasteiger partial charge in [-0.3, -0.25) is 19.1 Å². The molecule has 13 heteroatoms. The lowest BCUT2D eigenvalue weighted by atomic mass is 10.1. The molecular formula is C18H31N4O8P. The van der Waals surface area contributed by atoms with E-state index < -0.39 is 55.3 Å². The Morgan fingerprint density at radius 1 is 1.39 bits per heavy atom. The number of hydrogen-bond donors (Lipinski definition) is 3. The third kappa shape index (κ3) is 6.33. The maximum Gasteiger partial charge on any atom is 0.347 e. The smallest absolute Gasteiger partial charge is 0.347 e. The van der Waals surface area contributed by atoms with E-state index in [9.17, 15) is 24.1 Å². The molecule has 0 radical (unpaired) electrons. The highest BCUT2D eigenvalue weighted by Crippen LogP contribution is 2.45. The second-order valence-electron chi connectivity index (χ2n) is 7.49. The first-order valence-electron chi connectivity index (χ1n) is 10.3. The molecule has 0 spiro atoms. The summed E-state index contributed by atoms with van der Waals surface area (Å²) in [5, 5.41) is 17.0. The summed E-state index contributed by atoms with van der Waals surface area (Å²) in [7, 11) is -3.59. The second-order valence-corrected chi connectivity index (χ2v) is 9.65. The molecule has 0 bridgehead atoms. The fourth-order valence-electron chi connectivity index (χ4n) is 3.31. The Hall–Kier alpha value is -1.85. The molecule has 0 saturated carbocycles. The molecule has 2 rings (SSSR count). The molecule has 12 nitrogen and oxygen atoms in total. The van der Waals surface area contributed by atoms with E-state index in [4.69, 9.17) is 14.0 Å². The van der Waals surface area contributed by atoms with Crippen molar-refractivity contribution >= 4 is 13.5 Å². The van der Waals surface area contributed by atoms with Gasteiger partial charge in [0, 0.05) is 6.66 Å². The highest BCUT2D eigenvalue weighted by molar-refractivity contribution is 7.56. The van der Waals surface area contributed by atoms with Crippen LogP contribution in [0.5, 0.6) is 0 Å². The summed E-state index contributed by atoms with van der Waals surface area (Å²) in [5.74, 6) is -0.559. The molecule has 176 valence electrons. The van der Waals surface area contributed by atoms with Gasteiger partial charge in [0.05, 0.1) is 6.10 Å². The maximum absolute atomic E-state index is 13.0. The predicted molar refractivity (Wildman–Crippen MR) is 111 cm³/mol. The fraction of sp³-hybridized carbons (Fsp3) is 0.778. The Labute approximate surface area is 179 Å². The van der Waals surface area contributed by atoms with Crippen molar-refractivity contribution in [1.82, 2.24) is 19.9 Å². The highest BCUT2D eigenvalue weighted by atomic mass is 31.2. The number of aromatic nitrogens is 3. The molecule has 0 aliphatic carbocycles. The molecule has 1 unspecified atom stereocenters. The second kappa shape index (κ2) is 10.6. The van der Waals surface area contributed by atoms with Gasteiger partial charge in [0.1, 0.15) is 30.6 Å². The number of aliphatic hydroxyl groups is 1. The monoisotopic (exact) mass is 462 g/mol. The van der Waals surface area contributed by atoms with Crippen molar-refractivity contribution in [2.45, 2.75) is 83.6 Å². The lowest BCUT2D eigenvalue weighted by Crippen LogP contribution is -2.41. The molecule has 0 aromatic carbocycles. The minimum absolute atomic E-state index is 0.229. The molecule has 1 aliphatic rings. The zero-order valence-corrected chi connectivity index (χ0v) is 19.2. The number of esters is 1. The van der Waals surface area contributed by atoms with E-state index in [1.807, 2.05) is 18.8 Å². The molecular weight excluding hydrogens is 431 g/mol. The van der Waals surface area contributed by atoms with Crippen molar-refractivity contribution in [3.05, 3.63) is 27.0 Å². The van der Waals surface area contributed by atoms with E-state index in [2.05, 4.69) is 10.2 Å². The number of aliphatic hydroxyl groups excluding tert-OH is 1. The summed E-state index contributed by atoms with van der Waals surface area (Å²) in [6.45, 7) is 8.36. The van der Waals surface area contributed by atoms with Crippen molar-refractivity contribution < 1.29 is 28.5 Å². The number of carbonyl (C=O) groups excluding carboxylic acids is 1. The number of ether oxygens (including phenoxy) is 2. The number of carbonyl (C=O) groups is 1. The van der Waals surface area contributed by atoms with Crippen LogP contribution in [-0.2, 0) is 23.4 Å². The Morgan fingerprint density at radius 2 is 2.03 bits per heavy atom. The minimum Gasteiger partial charge on any atom is -0.461 e. The number of aromatic amines is 1. The SMILES string of the molecule is CCC(CC)OC(=O)[C@H](C)NP(C)(=O)O[C@H]1[C@@H](O)[C@H](n2ncc(=O)[nH]c2=O)O[C@@H]1CC. The van der Waals surface area contributed by atoms with Crippen LogP contribution in [0.25, 0.3) is 0 Å². The van der Waals surface area contributed by atoms with Crippen LogP contribution in [0.4, 0.5) is 0 Å². The third-order valence-electron chi connectivity index (χ3n) is 4.99. The maximum atomic E-state index is 13.0. The molecule has 6 atom stereocenters. The van der Waals surface area contributed by atoms with Gasteiger partial charge in [0.25, 0.3) is 13.1 Å². The van der Waals surface area contributed by atoms with Crippen LogP contribution in [0.3, 0.4) is 0 Å². The Morgan fingerprint density at radius 3 is 2.58 bits per heavy atom. The van der Waals surface area contributed by atoms with Gasteiger partial charge >= 0.3 is 11.7 Å². The zero-order valence-electron chi connectivity index (χ0n) is 18.3. The predicted octanol–water partition coefficient (Wildman–Crippen LogP) is 0.518. The van der Waals surface area contributed by atoms with Gasteiger partial charge in [0.15, 0.2) is 6.23 Å². The standard InChI is InChI=1S/C18H31N4O8P/c1-6-11(7-2)28-17(25)10(4)21-31(5,27)30-15-12(8-3)29-16(14(15)24)22-18(26)20-13(23)9-19-22/h9-12,14-16,24H,6-8H2,1-5H3,(H,21,27)(H,20,23,26)/t10-,12+,14+,15+,16+,31?/m0/s1. The molecule has 31 heavy (non-hydrogen) atoms. The lowest BCUT2D eigenvalue weighted by Gasteiger charge is -2.27. The first kappa shape index (κ1) is 25.4. The minimum atomic E-state index is -3.59. The summed E-state index contributed by atoms with van der Waals surface area (Å²) < 4.78 is 30.5. The van der Waals surface area contributed by atoms with Crippen LogP contribution < -0.4 is 16.3 Å². The molecule has 3 N–H and O–H groups in total. The van der Waals surface area contributed by atoms with Gasteiger partial charge in [-0.25, -0.2) is 9.88 Å². The molecule has 0 amide bonds. The van der Waals surface area contributed by atoms with E-state index in [1.54, 1.807) is 6.92 Å². The van der Waals surface area contributed by atoms with Gasteiger partial charge in [-0.05, 0) is 26.2 Å². The molecule has 1 fully saturated rings. The van der Waals surface area contributed by atoms with Crippen LogP contribution in [0.15, 0.2) is 15.8 Å². The van der Waals surface area contributed by atoms with E-state index in [-0.39, 0.29) is 6.10 Å². The summed E-state index contributed by atoms with van der Waals surface area (Å²) in [6.07, 6.45) is -2.05. The number of H-pyrrole nitrogens is 1. The van der Waals surface area contributed by atoms with Gasteiger partial charge in [0.2, 0.25) is 0 Å². The van der Waals surface area contributed by atoms with Gasteiger partial charge in [-0.1, -0.05) is 20.8 Å². The summed E-state index contributed by atoms with van der Waals surface area (Å²) >= 11 is 0. The first-order chi connectivity index (χ1) is 14.5. The average Bonchev–Trinajstić information content (AvgIpc) is 3.00. The lowest BCUT2D eigenvalue weighted by molar-refractivity contribution is -0.151. The largest absolute Gasteiger partial charge is 0.461 e. The average molecular weight is 462 g/mol. The fourth-order valence-corrected chi connectivity index (χ4v) is 4.91. The molecule has 1 saturated heterocycles. The van der Waals surface area contributed by atoms with Crippen molar-refractivity contribution in [3.63, 3.8) is 0 Å². The summed E-state index contributed by atoms with van der Waals surface area (Å²) in [6, 6.07) is -0.907. The molecule has 1 aromatic rings. The van der Waals surface area contributed by atoms with Gasteiger partial charge in [-0.15, -0.1) is 0 Å². The topological polar surface area (TPSA) is 162 Å². The van der Waals surface area contributed by atoms with Crippen LogP contribution in [-0.4, -0.2) is 63.0 Å². The van der Waals surface area contributed by atoms with E-state index in [0.717, 1.165) is 10.9 Å². The van der Waals surface area contributed by atoms with Crippen LogP contribution in [0.1, 0.15) is 53.2 Å².